The lowest BCUT2D eigenvalue weighted by Crippen LogP contribution is -2.31. The fourth-order valence-corrected chi connectivity index (χ4v) is 2.36. The van der Waals surface area contributed by atoms with E-state index in [0.29, 0.717) is 11.6 Å². The Morgan fingerprint density at radius 1 is 1.35 bits per heavy atom. The van der Waals surface area contributed by atoms with Crippen LogP contribution in [0.2, 0.25) is 0 Å². The minimum Gasteiger partial charge on any atom is -0.350 e. The van der Waals surface area contributed by atoms with Crippen molar-refractivity contribution in [2.75, 3.05) is 6.54 Å². The molecule has 0 atom stereocenters. The number of nitrogens with zero attached hydrogens (tertiary/aromatic N) is 1. The summed E-state index contributed by atoms with van der Waals surface area (Å²) in [5, 5.41) is 2.98. The third kappa shape index (κ3) is 3.55. The van der Waals surface area contributed by atoms with Crippen LogP contribution < -0.4 is 5.32 Å². The second-order valence-corrected chi connectivity index (χ2v) is 5.05. The quantitative estimate of drug-likeness (QED) is 0.870. The van der Waals surface area contributed by atoms with Crippen molar-refractivity contribution in [1.29, 1.82) is 0 Å². The second-order valence-electron chi connectivity index (χ2n) is 5.05. The zero-order valence-corrected chi connectivity index (χ0v) is 10.4. The molecular weight excluding hydrogens is 212 g/mol. The van der Waals surface area contributed by atoms with Gasteiger partial charge >= 0.3 is 0 Å². The Kier molecular flexibility index (Phi) is 4.13. The zero-order chi connectivity index (χ0) is 12.1. The fourth-order valence-electron chi connectivity index (χ4n) is 2.36. The summed E-state index contributed by atoms with van der Waals surface area (Å²) in [6, 6.07) is 5.40. The van der Waals surface area contributed by atoms with Gasteiger partial charge < -0.3 is 5.32 Å². The number of nitrogens with one attached hydrogen (secondary N) is 1. The molecule has 92 valence electrons. The molecule has 17 heavy (non-hydrogen) atoms. The van der Waals surface area contributed by atoms with Crippen LogP contribution in [0.1, 0.15) is 43.1 Å². The lowest BCUT2D eigenvalue weighted by atomic mass is 9.83. The van der Waals surface area contributed by atoms with Gasteiger partial charge in [0.05, 0.1) is 0 Å². The molecule has 3 nitrogen and oxygen atoms in total. The van der Waals surface area contributed by atoms with Crippen molar-refractivity contribution in [1.82, 2.24) is 10.3 Å². The van der Waals surface area contributed by atoms with Crippen LogP contribution in [0.3, 0.4) is 0 Å². The van der Waals surface area contributed by atoms with Crippen molar-refractivity contribution in [2.24, 2.45) is 11.8 Å². The Labute approximate surface area is 103 Å². The molecule has 1 aliphatic carbocycles. The van der Waals surface area contributed by atoms with Gasteiger partial charge in [0, 0.05) is 12.7 Å². The number of hydrogen-bond donors (Lipinski definition) is 1. The summed E-state index contributed by atoms with van der Waals surface area (Å²) in [6.45, 7) is 3.10. The Morgan fingerprint density at radius 3 is 2.76 bits per heavy atom. The SMILES string of the molecule is CC1CCC(CNC(=O)c2ccccn2)CC1. The van der Waals surface area contributed by atoms with Gasteiger partial charge in [-0.1, -0.05) is 25.8 Å². The summed E-state index contributed by atoms with van der Waals surface area (Å²) < 4.78 is 0. The highest BCUT2D eigenvalue weighted by Crippen LogP contribution is 2.27. The van der Waals surface area contributed by atoms with Crippen molar-refractivity contribution in [3.05, 3.63) is 30.1 Å². The fraction of sp³-hybridized carbons (Fsp3) is 0.571. The highest BCUT2D eigenvalue weighted by molar-refractivity contribution is 5.92. The number of amides is 1. The summed E-state index contributed by atoms with van der Waals surface area (Å²) in [5.41, 5.74) is 0.511. The van der Waals surface area contributed by atoms with Crippen LogP contribution in [0.25, 0.3) is 0 Å². The van der Waals surface area contributed by atoms with E-state index in [1.54, 1.807) is 12.3 Å². The molecule has 0 saturated heterocycles. The third-order valence-corrected chi connectivity index (χ3v) is 3.58. The Hall–Kier alpha value is -1.38. The van der Waals surface area contributed by atoms with Gasteiger partial charge in [-0.3, -0.25) is 9.78 Å². The third-order valence-electron chi connectivity index (χ3n) is 3.58. The molecule has 0 bridgehead atoms. The summed E-state index contributed by atoms with van der Waals surface area (Å²) in [5.74, 6) is 1.46. The van der Waals surface area contributed by atoms with Gasteiger partial charge in [-0.05, 0) is 36.8 Å². The van der Waals surface area contributed by atoms with Crippen molar-refractivity contribution < 1.29 is 4.79 Å². The number of carbonyl (C=O) groups is 1. The van der Waals surface area contributed by atoms with Crippen LogP contribution in [0.15, 0.2) is 24.4 Å². The van der Waals surface area contributed by atoms with Gasteiger partial charge in [0.25, 0.3) is 5.91 Å². The average Bonchev–Trinajstić information content (AvgIpc) is 2.39. The molecule has 3 heteroatoms. The van der Waals surface area contributed by atoms with Crippen LogP contribution in [-0.4, -0.2) is 17.4 Å². The number of carbonyl (C=O) groups excluding carboxylic acids is 1. The monoisotopic (exact) mass is 232 g/mol. The Balaban J connectivity index is 1.77. The standard InChI is InChI=1S/C14H20N2O/c1-11-5-7-12(8-6-11)10-16-14(17)13-4-2-3-9-15-13/h2-4,9,11-12H,5-8,10H2,1H3,(H,16,17). The minimum absolute atomic E-state index is 0.0516. The molecule has 0 unspecified atom stereocenters. The Morgan fingerprint density at radius 2 is 2.12 bits per heavy atom. The molecule has 0 spiro atoms. The van der Waals surface area contributed by atoms with E-state index in [4.69, 9.17) is 0 Å². The number of pyridine rings is 1. The molecule has 1 aliphatic rings. The first kappa shape index (κ1) is 12.1. The molecule has 2 rings (SSSR count). The number of aromatic nitrogens is 1. The van der Waals surface area contributed by atoms with E-state index in [2.05, 4.69) is 17.2 Å². The highest BCUT2D eigenvalue weighted by Gasteiger charge is 2.18. The molecule has 1 aromatic rings. The normalized spacial score (nSPS) is 24.3. The van der Waals surface area contributed by atoms with E-state index in [-0.39, 0.29) is 5.91 Å². The summed E-state index contributed by atoms with van der Waals surface area (Å²) >= 11 is 0. The van der Waals surface area contributed by atoms with E-state index >= 15 is 0 Å². The topological polar surface area (TPSA) is 42.0 Å². The zero-order valence-electron chi connectivity index (χ0n) is 10.4. The summed E-state index contributed by atoms with van der Waals surface area (Å²) in [6.07, 6.45) is 6.72. The van der Waals surface area contributed by atoms with Gasteiger partial charge in [0.1, 0.15) is 5.69 Å². The van der Waals surface area contributed by atoms with Crippen LogP contribution in [-0.2, 0) is 0 Å². The average molecular weight is 232 g/mol. The maximum atomic E-state index is 11.8. The van der Waals surface area contributed by atoms with E-state index in [0.717, 1.165) is 12.5 Å². The van der Waals surface area contributed by atoms with Crippen molar-refractivity contribution in [2.45, 2.75) is 32.6 Å². The van der Waals surface area contributed by atoms with Gasteiger partial charge in [0.15, 0.2) is 0 Å². The van der Waals surface area contributed by atoms with Crippen LogP contribution in [0.4, 0.5) is 0 Å². The number of hydrogen-bond acceptors (Lipinski definition) is 2. The molecule has 0 aromatic carbocycles. The molecule has 1 amide bonds. The van der Waals surface area contributed by atoms with Crippen LogP contribution >= 0.6 is 0 Å². The molecular formula is C14H20N2O. The predicted molar refractivity (Wildman–Crippen MR) is 67.7 cm³/mol. The molecule has 0 aliphatic heterocycles. The highest BCUT2D eigenvalue weighted by atomic mass is 16.1. The Bertz CT molecular complexity index is 356. The minimum atomic E-state index is -0.0516. The smallest absolute Gasteiger partial charge is 0.269 e. The van der Waals surface area contributed by atoms with Gasteiger partial charge in [-0.15, -0.1) is 0 Å². The van der Waals surface area contributed by atoms with E-state index in [1.165, 1.54) is 25.7 Å². The molecule has 1 aromatic heterocycles. The molecule has 1 saturated carbocycles. The second kappa shape index (κ2) is 5.80. The first-order chi connectivity index (χ1) is 8.25. The van der Waals surface area contributed by atoms with E-state index in [1.807, 2.05) is 12.1 Å². The molecule has 1 heterocycles. The summed E-state index contributed by atoms with van der Waals surface area (Å²) in [7, 11) is 0. The van der Waals surface area contributed by atoms with Gasteiger partial charge in [-0.2, -0.15) is 0 Å². The van der Waals surface area contributed by atoms with Gasteiger partial charge in [0.2, 0.25) is 0 Å². The maximum Gasteiger partial charge on any atom is 0.269 e. The molecule has 1 N–H and O–H groups in total. The largest absolute Gasteiger partial charge is 0.350 e. The van der Waals surface area contributed by atoms with Crippen LogP contribution in [0.5, 0.6) is 0 Å². The lowest BCUT2D eigenvalue weighted by Gasteiger charge is -2.26. The van der Waals surface area contributed by atoms with Crippen LogP contribution in [0, 0.1) is 11.8 Å². The predicted octanol–water partition coefficient (Wildman–Crippen LogP) is 2.64. The van der Waals surface area contributed by atoms with Crippen molar-refractivity contribution >= 4 is 5.91 Å². The number of rotatable bonds is 3. The first-order valence-electron chi connectivity index (χ1n) is 6.45. The van der Waals surface area contributed by atoms with Gasteiger partial charge in [-0.25, -0.2) is 0 Å². The summed E-state index contributed by atoms with van der Waals surface area (Å²) in [4.78, 5) is 15.8. The lowest BCUT2D eigenvalue weighted by molar-refractivity contribution is 0.0937. The van der Waals surface area contributed by atoms with Crippen molar-refractivity contribution in [3.63, 3.8) is 0 Å². The maximum absolute atomic E-state index is 11.8. The van der Waals surface area contributed by atoms with E-state index < -0.39 is 0 Å². The molecule has 1 fully saturated rings. The van der Waals surface area contributed by atoms with E-state index in [9.17, 15) is 4.79 Å². The molecule has 0 radical (unpaired) electrons. The first-order valence-corrected chi connectivity index (χ1v) is 6.45. The van der Waals surface area contributed by atoms with Crippen molar-refractivity contribution in [3.8, 4) is 0 Å².